The van der Waals surface area contributed by atoms with E-state index in [4.69, 9.17) is 9.26 Å². The van der Waals surface area contributed by atoms with Crippen molar-refractivity contribution in [1.82, 2.24) is 10.1 Å². The van der Waals surface area contributed by atoms with Gasteiger partial charge in [-0.15, -0.1) is 0 Å². The topological polar surface area (TPSA) is 60.2 Å². The molecule has 2 aromatic rings. The van der Waals surface area contributed by atoms with Crippen LogP contribution in [-0.2, 0) is 0 Å². The molecule has 1 heterocycles. The molecule has 1 atom stereocenters. The van der Waals surface area contributed by atoms with Gasteiger partial charge in [0.15, 0.2) is 5.82 Å². The number of benzene rings is 1. The Morgan fingerprint density at radius 1 is 1.20 bits per heavy atom. The summed E-state index contributed by atoms with van der Waals surface area (Å²) in [4.78, 5) is 4.31. The molecule has 1 aromatic heterocycles. The van der Waals surface area contributed by atoms with Crippen molar-refractivity contribution in [2.24, 2.45) is 0 Å². The van der Waals surface area contributed by atoms with Crippen LogP contribution in [0, 0.1) is 0 Å². The van der Waals surface area contributed by atoms with Crippen molar-refractivity contribution < 1.29 is 9.26 Å². The molecular weight excluding hydrogens is 254 g/mol. The van der Waals surface area contributed by atoms with Crippen molar-refractivity contribution in [2.45, 2.75) is 39.7 Å². The molecule has 1 unspecified atom stereocenters. The molecular formula is C15H21N3O2. The maximum absolute atomic E-state index is 5.43. The van der Waals surface area contributed by atoms with Gasteiger partial charge in [0.05, 0.1) is 12.6 Å². The Labute approximate surface area is 119 Å². The smallest absolute Gasteiger partial charge is 0.321 e. The molecule has 0 saturated heterocycles. The highest BCUT2D eigenvalue weighted by molar-refractivity contribution is 5.33. The minimum absolute atomic E-state index is 0.0890. The lowest BCUT2D eigenvalue weighted by Crippen LogP contribution is -2.07. The van der Waals surface area contributed by atoms with Crippen LogP contribution >= 0.6 is 0 Å². The molecule has 2 rings (SSSR count). The highest BCUT2D eigenvalue weighted by atomic mass is 16.5. The van der Waals surface area contributed by atoms with Gasteiger partial charge in [0.25, 0.3) is 0 Å². The molecule has 20 heavy (non-hydrogen) atoms. The van der Waals surface area contributed by atoms with Crippen LogP contribution in [0.4, 0.5) is 6.01 Å². The summed E-state index contributed by atoms with van der Waals surface area (Å²) in [5.41, 5.74) is 1.14. The fourth-order valence-electron chi connectivity index (χ4n) is 1.82. The fourth-order valence-corrected chi connectivity index (χ4v) is 1.82. The second-order valence-corrected chi connectivity index (χ2v) is 4.98. The summed E-state index contributed by atoms with van der Waals surface area (Å²) in [5.74, 6) is 1.85. The van der Waals surface area contributed by atoms with Crippen LogP contribution < -0.4 is 10.1 Å². The quantitative estimate of drug-likeness (QED) is 0.869. The van der Waals surface area contributed by atoms with Gasteiger partial charge in [0.2, 0.25) is 0 Å². The molecule has 1 N–H and O–H groups in total. The van der Waals surface area contributed by atoms with E-state index < -0.39 is 0 Å². The zero-order valence-corrected chi connectivity index (χ0v) is 12.4. The number of nitrogens with one attached hydrogen (secondary N) is 1. The van der Waals surface area contributed by atoms with E-state index in [0.29, 0.717) is 18.4 Å². The molecule has 0 radical (unpaired) electrons. The average Bonchev–Trinajstić information content (AvgIpc) is 2.88. The van der Waals surface area contributed by atoms with Crippen LogP contribution in [0.2, 0.25) is 0 Å². The van der Waals surface area contributed by atoms with E-state index in [1.807, 2.05) is 45.0 Å². The minimum atomic E-state index is 0.0890. The summed E-state index contributed by atoms with van der Waals surface area (Å²) in [6, 6.07) is 8.53. The molecule has 0 aliphatic heterocycles. The second kappa shape index (κ2) is 6.41. The van der Waals surface area contributed by atoms with E-state index in [1.165, 1.54) is 0 Å². The van der Waals surface area contributed by atoms with E-state index in [0.717, 1.165) is 11.3 Å². The van der Waals surface area contributed by atoms with E-state index in [2.05, 4.69) is 22.4 Å². The summed E-state index contributed by atoms with van der Waals surface area (Å²) in [6.45, 7) is 8.76. The van der Waals surface area contributed by atoms with E-state index in [9.17, 15) is 0 Å². The Bertz CT molecular complexity index is 534. The Morgan fingerprint density at radius 3 is 2.45 bits per heavy atom. The van der Waals surface area contributed by atoms with Gasteiger partial charge in [-0.1, -0.05) is 31.1 Å². The maximum atomic E-state index is 5.43. The largest absolute Gasteiger partial charge is 0.494 e. The summed E-state index contributed by atoms with van der Waals surface area (Å²) < 4.78 is 10.6. The molecule has 0 amide bonds. The SMILES string of the molecule is CCOc1ccc(C(C)Nc2nc(C(C)C)no2)cc1. The van der Waals surface area contributed by atoms with E-state index >= 15 is 0 Å². The Balaban J connectivity index is 2.01. The molecule has 0 fully saturated rings. The Morgan fingerprint density at radius 2 is 1.90 bits per heavy atom. The average molecular weight is 275 g/mol. The van der Waals surface area contributed by atoms with Gasteiger partial charge in [-0.2, -0.15) is 4.98 Å². The summed E-state index contributed by atoms with van der Waals surface area (Å²) in [7, 11) is 0. The highest BCUT2D eigenvalue weighted by Gasteiger charge is 2.12. The molecule has 108 valence electrons. The summed E-state index contributed by atoms with van der Waals surface area (Å²) >= 11 is 0. The number of anilines is 1. The number of ether oxygens (including phenoxy) is 1. The van der Waals surface area contributed by atoms with Crippen molar-refractivity contribution >= 4 is 6.01 Å². The highest BCUT2D eigenvalue weighted by Crippen LogP contribution is 2.21. The normalized spacial score (nSPS) is 12.4. The van der Waals surface area contributed by atoms with Crippen LogP contribution in [0.15, 0.2) is 28.8 Å². The van der Waals surface area contributed by atoms with Crippen molar-refractivity contribution in [3.63, 3.8) is 0 Å². The second-order valence-electron chi connectivity index (χ2n) is 4.98. The van der Waals surface area contributed by atoms with Crippen LogP contribution in [0.1, 0.15) is 51.0 Å². The van der Waals surface area contributed by atoms with Crippen molar-refractivity contribution in [3.05, 3.63) is 35.7 Å². The third kappa shape index (κ3) is 3.50. The lowest BCUT2D eigenvalue weighted by molar-refractivity contribution is 0.340. The predicted octanol–water partition coefficient (Wildman–Crippen LogP) is 3.76. The first-order valence-electron chi connectivity index (χ1n) is 6.93. The molecule has 0 aliphatic rings. The van der Waals surface area contributed by atoms with Crippen molar-refractivity contribution in [1.29, 1.82) is 0 Å². The van der Waals surface area contributed by atoms with Gasteiger partial charge < -0.3 is 14.6 Å². The van der Waals surface area contributed by atoms with Crippen LogP contribution in [-0.4, -0.2) is 16.7 Å². The zero-order chi connectivity index (χ0) is 14.5. The first-order valence-corrected chi connectivity index (χ1v) is 6.93. The first-order chi connectivity index (χ1) is 9.60. The lowest BCUT2D eigenvalue weighted by atomic mass is 10.1. The summed E-state index contributed by atoms with van der Waals surface area (Å²) in [5, 5.41) is 7.14. The van der Waals surface area contributed by atoms with Gasteiger partial charge in [0, 0.05) is 5.92 Å². The number of aromatic nitrogens is 2. The first kappa shape index (κ1) is 14.4. The molecule has 0 bridgehead atoms. The van der Waals surface area contributed by atoms with Crippen LogP contribution in [0.3, 0.4) is 0 Å². The number of nitrogens with zero attached hydrogens (tertiary/aromatic N) is 2. The molecule has 0 aliphatic carbocycles. The monoisotopic (exact) mass is 275 g/mol. The van der Waals surface area contributed by atoms with Gasteiger partial charge in [-0.25, -0.2) is 0 Å². The van der Waals surface area contributed by atoms with Gasteiger partial charge >= 0.3 is 6.01 Å². The number of rotatable bonds is 6. The Hall–Kier alpha value is -2.04. The minimum Gasteiger partial charge on any atom is -0.494 e. The van der Waals surface area contributed by atoms with Crippen molar-refractivity contribution in [3.8, 4) is 5.75 Å². The van der Waals surface area contributed by atoms with Gasteiger partial charge in [-0.3, -0.25) is 0 Å². The fraction of sp³-hybridized carbons (Fsp3) is 0.467. The third-order valence-corrected chi connectivity index (χ3v) is 2.99. The standard InChI is InChI=1S/C15H21N3O2/c1-5-19-13-8-6-12(7-9-13)11(4)16-15-17-14(10(2)3)18-20-15/h6-11H,5H2,1-4H3,(H,16,17,18). The van der Waals surface area contributed by atoms with Crippen LogP contribution in [0.25, 0.3) is 0 Å². The number of hydrogen-bond donors (Lipinski definition) is 1. The van der Waals surface area contributed by atoms with E-state index in [1.54, 1.807) is 0 Å². The number of hydrogen-bond acceptors (Lipinski definition) is 5. The van der Waals surface area contributed by atoms with Gasteiger partial charge in [-0.05, 0) is 31.5 Å². The summed E-state index contributed by atoms with van der Waals surface area (Å²) in [6.07, 6.45) is 0. The van der Waals surface area contributed by atoms with E-state index in [-0.39, 0.29) is 12.0 Å². The van der Waals surface area contributed by atoms with Crippen molar-refractivity contribution in [2.75, 3.05) is 11.9 Å². The molecule has 5 nitrogen and oxygen atoms in total. The van der Waals surface area contributed by atoms with Crippen LogP contribution in [0.5, 0.6) is 5.75 Å². The maximum Gasteiger partial charge on any atom is 0.321 e. The molecule has 0 saturated carbocycles. The zero-order valence-electron chi connectivity index (χ0n) is 12.4. The molecule has 0 spiro atoms. The molecule has 1 aromatic carbocycles. The predicted molar refractivity (Wildman–Crippen MR) is 78.0 cm³/mol. The third-order valence-electron chi connectivity index (χ3n) is 2.99. The molecule has 5 heteroatoms. The Kier molecular flexibility index (Phi) is 4.61. The van der Waals surface area contributed by atoms with Gasteiger partial charge in [0.1, 0.15) is 5.75 Å². The lowest BCUT2D eigenvalue weighted by Gasteiger charge is -2.12.